The Hall–Kier alpha value is -3.34. The number of carboxylic acids is 1. The van der Waals surface area contributed by atoms with Gasteiger partial charge in [0.15, 0.2) is 0 Å². The van der Waals surface area contributed by atoms with E-state index in [1.165, 1.54) is 42.6 Å². The van der Waals surface area contributed by atoms with E-state index in [-0.39, 0.29) is 23.5 Å². The van der Waals surface area contributed by atoms with Crippen LogP contribution < -0.4 is 5.32 Å². The van der Waals surface area contributed by atoms with Gasteiger partial charge in [-0.1, -0.05) is 55.4 Å². The SMILES string of the molecule is CC1=C(/C=C/C(C)=C/C=C/C(C)=C/C(=O)Nc2ccc(O)c(CCCC(=O)O)c2)C(C)(C)CCC1. The molecule has 0 fully saturated rings. The van der Waals surface area contributed by atoms with Crippen molar-refractivity contribution >= 4 is 17.6 Å². The number of aryl methyl sites for hydroxylation is 1. The van der Waals surface area contributed by atoms with Gasteiger partial charge in [-0.2, -0.15) is 0 Å². The zero-order valence-corrected chi connectivity index (χ0v) is 21.6. The number of benzene rings is 1. The monoisotopic (exact) mass is 477 g/mol. The van der Waals surface area contributed by atoms with Gasteiger partial charge in [0.05, 0.1) is 0 Å². The Morgan fingerprint density at radius 1 is 1.14 bits per heavy atom. The topological polar surface area (TPSA) is 86.6 Å². The number of allylic oxidation sites excluding steroid dienone is 9. The van der Waals surface area contributed by atoms with Gasteiger partial charge in [-0.15, -0.1) is 0 Å². The number of aliphatic carboxylic acids is 1. The molecule has 5 nitrogen and oxygen atoms in total. The van der Waals surface area contributed by atoms with Crippen LogP contribution in [0.25, 0.3) is 0 Å². The van der Waals surface area contributed by atoms with E-state index < -0.39 is 5.97 Å². The first kappa shape index (κ1) is 27.9. The summed E-state index contributed by atoms with van der Waals surface area (Å²) in [5.41, 5.74) is 6.25. The van der Waals surface area contributed by atoms with Gasteiger partial charge in [-0.3, -0.25) is 9.59 Å². The third-order valence-electron chi connectivity index (χ3n) is 6.32. The van der Waals surface area contributed by atoms with E-state index in [9.17, 15) is 14.7 Å². The number of rotatable bonds is 10. The summed E-state index contributed by atoms with van der Waals surface area (Å²) in [4.78, 5) is 23.1. The Balaban J connectivity index is 1.96. The van der Waals surface area contributed by atoms with Crippen molar-refractivity contribution < 1.29 is 19.8 Å². The molecule has 3 N–H and O–H groups in total. The van der Waals surface area contributed by atoms with Crippen molar-refractivity contribution in [2.45, 2.75) is 73.1 Å². The van der Waals surface area contributed by atoms with Crippen molar-refractivity contribution in [3.63, 3.8) is 0 Å². The molecule has 1 aliphatic rings. The Labute approximate surface area is 209 Å². The number of amides is 1. The maximum atomic E-state index is 12.4. The van der Waals surface area contributed by atoms with Crippen LogP contribution in [0, 0.1) is 5.41 Å². The lowest BCUT2D eigenvalue weighted by molar-refractivity contribution is -0.137. The predicted octanol–water partition coefficient (Wildman–Crippen LogP) is 7.27. The van der Waals surface area contributed by atoms with Gasteiger partial charge in [0.1, 0.15) is 5.75 Å². The van der Waals surface area contributed by atoms with Crippen LogP contribution in [0.3, 0.4) is 0 Å². The fourth-order valence-corrected chi connectivity index (χ4v) is 4.36. The van der Waals surface area contributed by atoms with Crippen molar-refractivity contribution in [2.24, 2.45) is 5.41 Å². The molecule has 0 saturated heterocycles. The molecular weight excluding hydrogens is 438 g/mol. The van der Waals surface area contributed by atoms with E-state index in [2.05, 4.69) is 45.2 Å². The molecule has 0 radical (unpaired) electrons. The normalized spacial score (nSPS) is 16.8. The molecule has 1 aliphatic carbocycles. The Morgan fingerprint density at radius 3 is 2.57 bits per heavy atom. The van der Waals surface area contributed by atoms with Gasteiger partial charge in [-0.05, 0) is 93.2 Å². The van der Waals surface area contributed by atoms with Crippen LogP contribution in [0.5, 0.6) is 5.75 Å². The third-order valence-corrected chi connectivity index (χ3v) is 6.32. The Morgan fingerprint density at radius 2 is 1.89 bits per heavy atom. The van der Waals surface area contributed by atoms with Gasteiger partial charge in [0, 0.05) is 18.2 Å². The highest BCUT2D eigenvalue weighted by Gasteiger charge is 2.26. The smallest absolute Gasteiger partial charge is 0.303 e. The first-order valence-corrected chi connectivity index (χ1v) is 12.2. The van der Waals surface area contributed by atoms with Crippen molar-refractivity contribution in [1.29, 1.82) is 0 Å². The summed E-state index contributed by atoms with van der Waals surface area (Å²) < 4.78 is 0. The largest absolute Gasteiger partial charge is 0.508 e. The molecule has 1 aromatic carbocycles. The van der Waals surface area contributed by atoms with Crippen molar-refractivity contribution in [1.82, 2.24) is 0 Å². The molecule has 1 amide bonds. The zero-order valence-electron chi connectivity index (χ0n) is 21.6. The van der Waals surface area contributed by atoms with Crippen molar-refractivity contribution in [2.75, 3.05) is 5.32 Å². The standard InChI is InChI=1S/C30H39NO4/c1-21(14-16-26-23(3)11-8-18-30(26,4)5)9-6-10-22(2)19-28(33)31-25-15-17-27(32)24(20-25)12-7-13-29(34)35/h6,9-10,14-17,19-20,32H,7-8,11-13,18H2,1-5H3,(H,31,33)(H,34,35)/b10-6+,16-14+,21-9+,22-19+. The van der Waals surface area contributed by atoms with Crippen LogP contribution in [-0.2, 0) is 16.0 Å². The number of phenolic OH excluding ortho intramolecular Hbond substituents is 1. The van der Waals surface area contributed by atoms with Gasteiger partial charge in [0.25, 0.3) is 0 Å². The Bertz CT molecular complexity index is 1080. The Kier molecular flexibility index (Phi) is 10.3. The van der Waals surface area contributed by atoms with Gasteiger partial charge in [0.2, 0.25) is 5.91 Å². The van der Waals surface area contributed by atoms with Crippen LogP contribution in [-0.4, -0.2) is 22.1 Å². The predicted molar refractivity (Wildman–Crippen MR) is 143 cm³/mol. The maximum absolute atomic E-state index is 12.4. The summed E-state index contributed by atoms with van der Waals surface area (Å²) in [6.45, 7) is 10.8. The number of carboxylic acid groups (broad SMARTS) is 1. The highest BCUT2D eigenvalue weighted by atomic mass is 16.4. The molecule has 0 aromatic heterocycles. The molecule has 5 heteroatoms. The molecule has 0 heterocycles. The van der Waals surface area contributed by atoms with E-state index in [1.807, 2.05) is 25.2 Å². The van der Waals surface area contributed by atoms with Crippen LogP contribution in [0.4, 0.5) is 5.69 Å². The van der Waals surface area contributed by atoms with Crippen molar-refractivity contribution in [3.05, 3.63) is 82.5 Å². The van der Waals surface area contributed by atoms with E-state index in [0.29, 0.717) is 24.1 Å². The zero-order chi connectivity index (χ0) is 26.0. The second-order valence-corrected chi connectivity index (χ2v) is 10.0. The minimum Gasteiger partial charge on any atom is -0.508 e. The molecule has 0 spiro atoms. The molecular formula is C30H39NO4. The molecule has 1 aromatic rings. The number of nitrogens with one attached hydrogen (secondary N) is 1. The first-order chi connectivity index (χ1) is 16.5. The quantitative estimate of drug-likeness (QED) is 0.188. The summed E-state index contributed by atoms with van der Waals surface area (Å²) in [6.07, 6.45) is 16.3. The molecule has 2 rings (SSSR count). The number of carbonyl (C=O) groups is 2. The number of hydrogen-bond donors (Lipinski definition) is 3. The number of aromatic hydroxyl groups is 1. The summed E-state index contributed by atoms with van der Waals surface area (Å²) in [5.74, 6) is -1.04. The maximum Gasteiger partial charge on any atom is 0.303 e. The highest BCUT2D eigenvalue weighted by molar-refractivity contribution is 6.00. The minimum atomic E-state index is -0.871. The van der Waals surface area contributed by atoms with Crippen LogP contribution >= 0.6 is 0 Å². The van der Waals surface area contributed by atoms with E-state index in [0.717, 1.165) is 11.1 Å². The summed E-state index contributed by atoms with van der Waals surface area (Å²) in [5, 5.41) is 21.6. The molecule has 0 bridgehead atoms. The fraction of sp³-hybridized carbons (Fsp3) is 0.400. The van der Waals surface area contributed by atoms with Gasteiger partial charge < -0.3 is 15.5 Å². The summed E-state index contributed by atoms with van der Waals surface area (Å²) >= 11 is 0. The van der Waals surface area contributed by atoms with Gasteiger partial charge in [-0.25, -0.2) is 0 Å². The molecule has 0 unspecified atom stereocenters. The molecule has 0 aliphatic heterocycles. The van der Waals surface area contributed by atoms with E-state index in [4.69, 9.17) is 5.11 Å². The number of carbonyl (C=O) groups excluding carboxylic acids is 1. The molecule has 0 saturated carbocycles. The second-order valence-electron chi connectivity index (χ2n) is 10.0. The van der Waals surface area contributed by atoms with Crippen LogP contribution in [0.2, 0.25) is 0 Å². The lowest BCUT2D eigenvalue weighted by Crippen LogP contribution is -2.19. The van der Waals surface area contributed by atoms with Crippen molar-refractivity contribution in [3.8, 4) is 5.75 Å². The van der Waals surface area contributed by atoms with Crippen LogP contribution in [0.1, 0.15) is 72.3 Å². The third kappa shape index (κ3) is 9.44. The number of anilines is 1. The highest BCUT2D eigenvalue weighted by Crippen LogP contribution is 2.40. The number of hydrogen-bond acceptors (Lipinski definition) is 3. The molecule has 0 atom stereocenters. The van der Waals surface area contributed by atoms with E-state index >= 15 is 0 Å². The lowest BCUT2D eigenvalue weighted by atomic mass is 9.72. The minimum absolute atomic E-state index is 0.0312. The average Bonchev–Trinajstić information content (AvgIpc) is 2.74. The fourth-order valence-electron chi connectivity index (χ4n) is 4.36. The first-order valence-electron chi connectivity index (χ1n) is 12.2. The van der Waals surface area contributed by atoms with Crippen LogP contribution in [0.15, 0.2) is 76.9 Å². The lowest BCUT2D eigenvalue weighted by Gasteiger charge is -2.32. The molecule has 188 valence electrons. The summed E-state index contributed by atoms with van der Waals surface area (Å²) in [7, 11) is 0. The van der Waals surface area contributed by atoms with Gasteiger partial charge >= 0.3 is 5.97 Å². The average molecular weight is 478 g/mol. The van der Waals surface area contributed by atoms with E-state index in [1.54, 1.807) is 12.1 Å². The summed E-state index contributed by atoms with van der Waals surface area (Å²) in [6, 6.07) is 4.81. The molecule has 35 heavy (non-hydrogen) atoms. The number of phenols is 1. The second kappa shape index (κ2) is 12.9.